The Morgan fingerprint density at radius 1 is 1.06 bits per heavy atom. The normalized spacial score (nSPS) is 10.1. The molecule has 2 aromatic rings. The number of benzene rings is 2. The van der Waals surface area contributed by atoms with Gasteiger partial charge in [0.1, 0.15) is 12.4 Å². The summed E-state index contributed by atoms with van der Waals surface area (Å²) >= 11 is 11.8. The van der Waals surface area contributed by atoms with E-state index in [2.05, 4.69) is 0 Å². The van der Waals surface area contributed by atoms with Crippen molar-refractivity contribution in [2.45, 2.75) is 6.61 Å². The highest BCUT2D eigenvalue weighted by atomic mass is 35.5. The Balaban J connectivity index is 2.10. The Morgan fingerprint density at radius 2 is 1.78 bits per heavy atom. The van der Waals surface area contributed by atoms with Crippen molar-refractivity contribution in [3.8, 4) is 5.75 Å². The first-order chi connectivity index (χ1) is 8.70. The molecule has 0 bridgehead atoms. The molecule has 0 radical (unpaired) electrons. The smallest absolute Gasteiger partial charge is 0.151 e. The number of hydrogen-bond donors (Lipinski definition) is 0. The molecule has 0 amide bonds. The molecule has 0 aliphatic rings. The highest BCUT2D eigenvalue weighted by Crippen LogP contribution is 2.27. The van der Waals surface area contributed by atoms with Gasteiger partial charge in [0.15, 0.2) is 6.29 Å². The Hall–Kier alpha value is -1.51. The van der Waals surface area contributed by atoms with Crippen molar-refractivity contribution in [3.05, 3.63) is 63.6 Å². The topological polar surface area (TPSA) is 26.3 Å². The molecule has 0 fully saturated rings. The molecule has 18 heavy (non-hydrogen) atoms. The van der Waals surface area contributed by atoms with Gasteiger partial charge in [-0.1, -0.05) is 41.4 Å². The monoisotopic (exact) mass is 280 g/mol. The van der Waals surface area contributed by atoms with E-state index in [1.165, 1.54) is 0 Å². The lowest BCUT2D eigenvalue weighted by Gasteiger charge is -2.09. The minimum absolute atomic E-state index is 0.335. The molecular formula is C14H10Cl2O2. The molecule has 0 atom stereocenters. The molecular weight excluding hydrogens is 271 g/mol. The summed E-state index contributed by atoms with van der Waals surface area (Å²) in [5, 5.41) is 1.01. The van der Waals surface area contributed by atoms with Gasteiger partial charge in [0.2, 0.25) is 0 Å². The third-order valence-electron chi connectivity index (χ3n) is 2.43. The van der Waals surface area contributed by atoms with Gasteiger partial charge in [0.25, 0.3) is 0 Å². The third kappa shape index (κ3) is 3.03. The summed E-state index contributed by atoms with van der Waals surface area (Å²) in [6.45, 7) is 0.374. The molecule has 92 valence electrons. The molecule has 2 rings (SSSR count). The van der Waals surface area contributed by atoms with Crippen LogP contribution in [0.3, 0.4) is 0 Å². The number of hydrogen-bond acceptors (Lipinski definition) is 2. The first-order valence-electron chi connectivity index (χ1n) is 5.31. The van der Waals surface area contributed by atoms with E-state index in [4.69, 9.17) is 27.9 Å². The van der Waals surface area contributed by atoms with Gasteiger partial charge in [-0.15, -0.1) is 0 Å². The van der Waals surface area contributed by atoms with Crippen LogP contribution in [0.2, 0.25) is 10.0 Å². The minimum Gasteiger partial charge on any atom is -0.487 e. The predicted molar refractivity (Wildman–Crippen MR) is 72.6 cm³/mol. The summed E-state index contributed by atoms with van der Waals surface area (Å²) in [6.07, 6.45) is 0.706. The highest BCUT2D eigenvalue weighted by Gasteiger charge is 2.06. The van der Waals surface area contributed by atoms with Gasteiger partial charge in [-0.25, -0.2) is 0 Å². The van der Waals surface area contributed by atoms with Crippen LogP contribution < -0.4 is 4.74 Å². The Kier molecular flexibility index (Phi) is 4.24. The molecule has 2 aromatic carbocycles. The summed E-state index contributed by atoms with van der Waals surface area (Å²) in [6, 6.07) is 12.4. The maximum absolute atomic E-state index is 10.7. The zero-order chi connectivity index (χ0) is 13.0. The van der Waals surface area contributed by atoms with Gasteiger partial charge in [-0.3, -0.25) is 4.79 Å². The Bertz CT molecular complexity index is 550. The first kappa shape index (κ1) is 12.9. The summed E-state index contributed by atoms with van der Waals surface area (Å²) in [5.41, 5.74) is 1.40. The summed E-state index contributed by atoms with van der Waals surface area (Å²) in [5.74, 6) is 0.496. The zero-order valence-electron chi connectivity index (χ0n) is 9.40. The van der Waals surface area contributed by atoms with E-state index in [-0.39, 0.29) is 0 Å². The molecule has 0 aliphatic carbocycles. The maximum Gasteiger partial charge on any atom is 0.151 e. The molecule has 0 saturated heterocycles. The van der Waals surface area contributed by atoms with Crippen LogP contribution in [0.4, 0.5) is 0 Å². The first-order valence-corrected chi connectivity index (χ1v) is 6.07. The van der Waals surface area contributed by atoms with E-state index in [1.54, 1.807) is 30.3 Å². The van der Waals surface area contributed by atoms with Crippen LogP contribution in [0.25, 0.3) is 0 Å². The quantitative estimate of drug-likeness (QED) is 0.777. The second kappa shape index (κ2) is 5.89. The van der Waals surface area contributed by atoms with Crippen molar-refractivity contribution in [3.63, 3.8) is 0 Å². The van der Waals surface area contributed by atoms with Gasteiger partial charge in [0.05, 0.1) is 5.02 Å². The SMILES string of the molecule is O=Cc1cccc(OCc2ccc(Cl)cc2)c1Cl. The van der Waals surface area contributed by atoms with E-state index in [0.717, 1.165) is 5.56 Å². The fraction of sp³-hybridized carbons (Fsp3) is 0.0714. The van der Waals surface area contributed by atoms with Gasteiger partial charge >= 0.3 is 0 Å². The van der Waals surface area contributed by atoms with E-state index in [9.17, 15) is 4.79 Å². The van der Waals surface area contributed by atoms with Crippen LogP contribution in [0.5, 0.6) is 5.75 Å². The molecule has 4 heteroatoms. The summed E-state index contributed by atoms with van der Waals surface area (Å²) in [7, 11) is 0. The molecule has 0 saturated carbocycles. The second-order valence-electron chi connectivity index (χ2n) is 3.69. The zero-order valence-corrected chi connectivity index (χ0v) is 10.9. The van der Waals surface area contributed by atoms with E-state index in [0.29, 0.717) is 34.3 Å². The number of aldehydes is 1. The van der Waals surface area contributed by atoms with Crippen LogP contribution in [0.15, 0.2) is 42.5 Å². The second-order valence-corrected chi connectivity index (χ2v) is 4.51. The van der Waals surface area contributed by atoms with Crippen molar-refractivity contribution < 1.29 is 9.53 Å². The number of carbonyl (C=O) groups is 1. The lowest BCUT2D eigenvalue weighted by molar-refractivity contribution is 0.112. The summed E-state index contributed by atoms with van der Waals surface area (Å²) < 4.78 is 5.57. The fourth-order valence-electron chi connectivity index (χ4n) is 1.47. The minimum atomic E-state index is 0.335. The Labute approximate surface area is 115 Å². The van der Waals surface area contributed by atoms with Gasteiger partial charge in [-0.2, -0.15) is 0 Å². The fourth-order valence-corrected chi connectivity index (χ4v) is 1.82. The molecule has 0 aliphatic heterocycles. The summed E-state index contributed by atoms with van der Waals surface area (Å²) in [4.78, 5) is 10.7. The lowest BCUT2D eigenvalue weighted by Crippen LogP contribution is -1.97. The average molecular weight is 281 g/mol. The van der Waals surface area contributed by atoms with Crippen molar-refractivity contribution in [1.29, 1.82) is 0 Å². The molecule has 0 unspecified atom stereocenters. The highest BCUT2D eigenvalue weighted by molar-refractivity contribution is 6.34. The van der Waals surface area contributed by atoms with Crippen LogP contribution in [0, 0.1) is 0 Å². The van der Waals surface area contributed by atoms with E-state index < -0.39 is 0 Å². The third-order valence-corrected chi connectivity index (χ3v) is 3.08. The predicted octanol–water partition coefficient (Wildman–Crippen LogP) is 4.38. The molecule has 2 nitrogen and oxygen atoms in total. The number of ether oxygens (including phenoxy) is 1. The van der Waals surface area contributed by atoms with Gasteiger partial charge in [0, 0.05) is 10.6 Å². The van der Waals surface area contributed by atoms with Crippen molar-refractivity contribution in [2.24, 2.45) is 0 Å². The van der Waals surface area contributed by atoms with Crippen LogP contribution in [0.1, 0.15) is 15.9 Å². The lowest BCUT2D eigenvalue weighted by atomic mass is 10.2. The molecule has 0 heterocycles. The number of rotatable bonds is 4. The maximum atomic E-state index is 10.7. The number of carbonyl (C=O) groups excluding carboxylic acids is 1. The van der Waals surface area contributed by atoms with E-state index >= 15 is 0 Å². The van der Waals surface area contributed by atoms with Gasteiger partial charge in [-0.05, 0) is 29.8 Å². The van der Waals surface area contributed by atoms with Crippen LogP contribution >= 0.6 is 23.2 Å². The number of halogens is 2. The van der Waals surface area contributed by atoms with Gasteiger partial charge < -0.3 is 4.74 Å². The van der Waals surface area contributed by atoms with Crippen molar-refractivity contribution in [2.75, 3.05) is 0 Å². The Morgan fingerprint density at radius 3 is 2.44 bits per heavy atom. The standard InChI is InChI=1S/C14H10Cl2O2/c15-12-6-4-10(5-7-12)9-18-13-3-1-2-11(8-17)14(13)16/h1-8H,9H2. The molecule has 0 aromatic heterocycles. The van der Waals surface area contributed by atoms with Crippen molar-refractivity contribution >= 4 is 29.5 Å². The van der Waals surface area contributed by atoms with E-state index in [1.807, 2.05) is 12.1 Å². The molecule has 0 N–H and O–H groups in total. The largest absolute Gasteiger partial charge is 0.487 e. The van der Waals surface area contributed by atoms with Crippen LogP contribution in [-0.4, -0.2) is 6.29 Å². The van der Waals surface area contributed by atoms with Crippen LogP contribution in [-0.2, 0) is 6.61 Å². The van der Waals surface area contributed by atoms with Crippen molar-refractivity contribution in [1.82, 2.24) is 0 Å². The molecule has 0 spiro atoms. The average Bonchev–Trinajstić information content (AvgIpc) is 2.39.